The van der Waals surface area contributed by atoms with Gasteiger partial charge in [-0.15, -0.1) is 0 Å². The summed E-state index contributed by atoms with van der Waals surface area (Å²) in [7, 11) is 0. The normalized spacial score (nSPS) is 33.4. The molecule has 0 amide bonds. The van der Waals surface area contributed by atoms with E-state index in [1.54, 1.807) is 0 Å². The van der Waals surface area contributed by atoms with Gasteiger partial charge < -0.3 is 15.7 Å². The van der Waals surface area contributed by atoms with E-state index >= 15 is 0 Å². The lowest BCUT2D eigenvalue weighted by atomic mass is 10.0. The zero-order valence-electron chi connectivity index (χ0n) is 8.91. The molecule has 0 aromatic rings. The van der Waals surface area contributed by atoms with Crippen LogP contribution in [0.25, 0.3) is 0 Å². The van der Waals surface area contributed by atoms with Crippen LogP contribution >= 0.6 is 0 Å². The van der Waals surface area contributed by atoms with E-state index < -0.39 is 0 Å². The van der Waals surface area contributed by atoms with E-state index in [0.717, 1.165) is 38.9 Å². The monoisotopic (exact) mass is 198 g/mol. The summed E-state index contributed by atoms with van der Waals surface area (Å²) in [6, 6.07) is 0.381. The number of hydrogen-bond donors (Lipinski definition) is 2. The highest BCUT2D eigenvalue weighted by Gasteiger charge is 2.41. The lowest BCUT2D eigenvalue weighted by Gasteiger charge is -2.28. The maximum absolute atomic E-state index is 9.84. The molecule has 0 radical (unpaired) electrons. The number of rotatable bonds is 2. The summed E-state index contributed by atoms with van der Waals surface area (Å²) in [4.78, 5) is 2.39. The van der Waals surface area contributed by atoms with Crippen LogP contribution in [0, 0.1) is 0 Å². The molecular formula is C11H22N2O. The average Bonchev–Trinajstić information content (AvgIpc) is 2.83. The van der Waals surface area contributed by atoms with Crippen molar-refractivity contribution in [2.75, 3.05) is 19.6 Å². The first-order chi connectivity index (χ1) is 6.68. The summed E-state index contributed by atoms with van der Waals surface area (Å²) in [6.07, 6.45) is 6.75. The first-order valence-electron chi connectivity index (χ1n) is 5.88. The maximum atomic E-state index is 9.84. The van der Waals surface area contributed by atoms with E-state index in [4.69, 9.17) is 5.73 Å². The van der Waals surface area contributed by atoms with Crippen LogP contribution in [0.15, 0.2) is 0 Å². The van der Waals surface area contributed by atoms with Crippen molar-refractivity contribution >= 4 is 0 Å². The largest absolute Gasteiger partial charge is 0.389 e. The molecule has 82 valence electrons. The summed E-state index contributed by atoms with van der Waals surface area (Å²) in [6.45, 7) is 3.10. The van der Waals surface area contributed by atoms with Crippen molar-refractivity contribution in [2.45, 2.75) is 50.2 Å². The van der Waals surface area contributed by atoms with Crippen LogP contribution < -0.4 is 5.73 Å². The Kier molecular flexibility index (Phi) is 3.10. The second-order valence-electron chi connectivity index (χ2n) is 5.05. The van der Waals surface area contributed by atoms with Crippen LogP contribution in [-0.2, 0) is 0 Å². The van der Waals surface area contributed by atoms with Gasteiger partial charge in [-0.3, -0.25) is 0 Å². The Morgan fingerprint density at radius 2 is 2.00 bits per heavy atom. The zero-order chi connectivity index (χ0) is 10.0. The van der Waals surface area contributed by atoms with Gasteiger partial charge in [0.15, 0.2) is 0 Å². The number of nitrogens with two attached hydrogens (primary N) is 1. The molecular weight excluding hydrogens is 176 g/mol. The number of likely N-dealkylation sites (tertiary alicyclic amines) is 1. The van der Waals surface area contributed by atoms with Gasteiger partial charge in [-0.1, -0.05) is 6.42 Å². The first kappa shape index (κ1) is 10.4. The molecule has 14 heavy (non-hydrogen) atoms. The van der Waals surface area contributed by atoms with E-state index in [9.17, 15) is 5.11 Å². The Morgan fingerprint density at radius 1 is 1.21 bits per heavy atom. The third kappa shape index (κ3) is 2.94. The van der Waals surface area contributed by atoms with Gasteiger partial charge >= 0.3 is 0 Å². The Balaban J connectivity index is 1.78. The van der Waals surface area contributed by atoms with Crippen LogP contribution in [-0.4, -0.2) is 41.3 Å². The molecule has 2 aliphatic rings. The molecule has 0 aromatic carbocycles. The Hall–Kier alpha value is -0.120. The predicted octanol–water partition coefficient (Wildman–Crippen LogP) is 0.715. The van der Waals surface area contributed by atoms with Crippen molar-refractivity contribution in [3.05, 3.63) is 0 Å². The smallest absolute Gasteiger partial charge is 0.0776 e. The summed E-state index contributed by atoms with van der Waals surface area (Å²) >= 11 is 0. The number of nitrogens with zero attached hydrogens (tertiary/aromatic N) is 1. The molecule has 1 saturated carbocycles. The summed E-state index contributed by atoms with van der Waals surface area (Å²) < 4.78 is 0. The number of aliphatic hydroxyl groups is 1. The Bertz CT molecular complexity index is 192. The first-order valence-corrected chi connectivity index (χ1v) is 5.88. The molecule has 1 atom stereocenters. The molecule has 2 fully saturated rings. The van der Waals surface area contributed by atoms with E-state index in [1.807, 2.05) is 0 Å². The highest BCUT2D eigenvalue weighted by atomic mass is 16.3. The van der Waals surface area contributed by atoms with Crippen molar-refractivity contribution in [3.63, 3.8) is 0 Å². The molecule has 1 aliphatic heterocycles. The minimum absolute atomic E-state index is 0.330. The van der Waals surface area contributed by atoms with Gasteiger partial charge in [0.2, 0.25) is 0 Å². The zero-order valence-corrected chi connectivity index (χ0v) is 8.91. The van der Waals surface area contributed by atoms with Crippen molar-refractivity contribution < 1.29 is 5.11 Å². The van der Waals surface area contributed by atoms with Gasteiger partial charge in [0.25, 0.3) is 0 Å². The standard InChI is InChI=1S/C11H22N2O/c12-10-3-1-2-7-13(8-4-10)9-11(14)5-6-11/h10,14H,1-9,12H2. The molecule has 2 rings (SSSR count). The van der Waals surface area contributed by atoms with E-state index in [2.05, 4.69) is 4.90 Å². The lowest BCUT2D eigenvalue weighted by Crippen LogP contribution is -2.39. The molecule has 0 spiro atoms. The van der Waals surface area contributed by atoms with Crippen LogP contribution in [0.5, 0.6) is 0 Å². The Labute approximate surface area is 86.3 Å². The molecule has 1 aliphatic carbocycles. The summed E-state index contributed by atoms with van der Waals surface area (Å²) in [5, 5.41) is 9.84. The fourth-order valence-electron chi connectivity index (χ4n) is 2.22. The van der Waals surface area contributed by atoms with Gasteiger partial charge in [-0.05, 0) is 45.2 Å². The molecule has 1 heterocycles. The second kappa shape index (κ2) is 4.17. The maximum Gasteiger partial charge on any atom is 0.0776 e. The van der Waals surface area contributed by atoms with Crippen molar-refractivity contribution in [2.24, 2.45) is 5.73 Å². The van der Waals surface area contributed by atoms with Crippen LogP contribution in [0.2, 0.25) is 0 Å². The van der Waals surface area contributed by atoms with Gasteiger partial charge in [-0.25, -0.2) is 0 Å². The van der Waals surface area contributed by atoms with Gasteiger partial charge in [0, 0.05) is 12.6 Å². The van der Waals surface area contributed by atoms with Crippen LogP contribution in [0.3, 0.4) is 0 Å². The molecule has 3 N–H and O–H groups in total. The van der Waals surface area contributed by atoms with Crippen LogP contribution in [0.4, 0.5) is 0 Å². The molecule has 3 heteroatoms. The Morgan fingerprint density at radius 3 is 2.71 bits per heavy atom. The molecule has 0 aromatic heterocycles. The second-order valence-corrected chi connectivity index (χ2v) is 5.05. The fourth-order valence-corrected chi connectivity index (χ4v) is 2.22. The summed E-state index contributed by atoms with van der Waals surface area (Å²) in [5.74, 6) is 0. The van der Waals surface area contributed by atoms with E-state index in [1.165, 1.54) is 19.3 Å². The SMILES string of the molecule is NC1CCCCN(CC2(O)CC2)CC1. The average molecular weight is 198 g/mol. The predicted molar refractivity (Wildman–Crippen MR) is 57.1 cm³/mol. The quantitative estimate of drug-likeness (QED) is 0.687. The number of β-amino-alcohol motifs (C(OH)–C–C–N with tert-alkyl or cyclic N) is 1. The summed E-state index contributed by atoms with van der Waals surface area (Å²) in [5.41, 5.74) is 5.63. The molecule has 1 saturated heterocycles. The van der Waals surface area contributed by atoms with Gasteiger partial charge in [0.05, 0.1) is 5.60 Å². The van der Waals surface area contributed by atoms with Gasteiger partial charge in [0.1, 0.15) is 0 Å². The minimum atomic E-state index is -0.330. The third-order valence-corrected chi connectivity index (χ3v) is 3.46. The van der Waals surface area contributed by atoms with Crippen molar-refractivity contribution in [1.82, 2.24) is 4.90 Å². The van der Waals surface area contributed by atoms with E-state index in [0.29, 0.717) is 6.04 Å². The lowest BCUT2D eigenvalue weighted by molar-refractivity contribution is 0.0862. The highest BCUT2D eigenvalue weighted by Crippen LogP contribution is 2.35. The molecule has 1 unspecified atom stereocenters. The topological polar surface area (TPSA) is 49.5 Å². The van der Waals surface area contributed by atoms with Crippen LogP contribution in [0.1, 0.15) is 38.5 Å². The fraction of sp³-hybridized carbons (Fsp3) is 1.00. The third-order valence-electron chi connectivity index (χ3n) is 3.46. The van der Waals surface area contributed by atoms with Gasteiger partial charge in [-0.2, -0.15) is 0 Å². The molecule has 0 bridgehead atoms. The molecule has 3 nitrogen and oxygen atoms in total. The minimum Gasteiger partial charge on any atom is -0.389 e. The van der Waals surface area contributed by atoms with Crippen molar-refractivity contribution in [1.29, 1.82) is 0 Å². The van der Waals surface area contributed by atoms with Crippen molar-refractivity contribution in [3.8, 4) is 0 Å². The number of hydrogen-bond acceptors (Lipinski definition) is 3. The highest BCUT2D eigenvalue weighted by molar-refractivity contribution is 4.96. The van der Waals surface area contributed by atoms with E-state index in [-0.39, 0.29) is 5.60 Å².